The van der Waals surface area contributed by atoms with Crippen LogP contribution in [0.2, 0.25) is 0 Å². The summed E-state index contributed by atoms with van der Waals surface area (Å²) in [5.41, 5.74) is 3.92. The molecule has 108 valence electrons. The highest BCUT2D eigenvalue weighted by molar-refractivity contribution is 7.08. The lowest BCUT2D eigenvalue weighted by Crippen LogP contribution is -2.13. The minimum atomic E-state index is 0.640. The van der Waals surface area contributed by atoms with Crippen LogP contribution in [-0.2, 0) is 13.1 Å². The molecule has 4 heteroatoms. The van der Waals surface area contributed by atoms with Gasteiger partial charge in [0.05, 0.1) is 13.7 Å². The van der Waals surface area contributed by atoms with E-state index in [0.29, 0.717) is 6.61 Å². The topological polar surface area (TPSA) is 30.5 Å². The van der Waals surface area contributed by atoms with E-state index in [1.165, 1.54) is 16.7 Å². The summed E-state index contributed by atoms with van der Waals surface area (Å²) in [6, 6.07) is 6.06. The minimum absolute atomic E-state index is 0.640. The van der Waals surface area contributed by atoms with Gasteiger partial charge >= 0.3 is 0 Å². The summed E-state index contributed by atoms with van der Waals surface area (Å²) in [6.45, 7) is 6.48. The van der Waals surface area contributed by atoms with Crippen molar-refractivity contribution in [3.63, 3.8) is 0 Å². The Morgan fingerprint density at radius 2 is 2.00 bits per heavy atom. The molecule has 1 N–H and O–H groups in total. The van der Waals surface area contributed by atoms with Crippen molar-refractivity contribution >= 4 is 11.3 Å². The second-order valence-electron chi connectivity index (χ2n) is 4.60. The first-order valence-corrected chi connectivity index (χ1v) is 7.71. The van der Waals surface area contributed by atoms with Crippen LogP contribution in [0.1, 0.15) is 23.6 Å². The number of nitrogens with one attached hydrogen (secondary N) is 1. The Hall–Kier alpha value is -1.52. The first-order valence-electron chi connectivity index (χ1n) is 6.76. The van der Waals surface area contributed by atoms with Crippen molar-refractivity contribution in [3.05, 3.63) is 45.6 Å². The highest BCUT2D eigenvalue weighted by atomic mass is 32.1. The smallest absolute Gasteiger partial charge is 0.161 e. The van der Waals surface area contributed by atoms with E-state index >= 15 is 0 Å². The van der Waals surface area contributed by atoms with E-state index in [4.69, 9.17) is 9.47 Å². The first kappa shape index (κ1) is 14.9. The van der Waals surface area contributed by atoms with E-state index < -0.39 is 0 Å². The summed E-state index contributed by atoms with van der Waals surface area (Å²) in [4.78, 5) is 0. The lowest BCUT2D eigenvalue weighted by atomic mass is 10.2. The molecule has 3 nitrogen and oxygen atoms in total. The summed E-state index contributed by atoms with van der Waals surface area (Å²) in [7, 11) is 1.66. The average Bonchev–Trinajstić information content (AvgIpc) is 2.85. The van der Waals surface area contributed by atoms with Crippen LogP contribution in [-0.4, -0.2) is 13.7 Å². The molecule has 0 atom stereocenters. The van der Waals surface area contributed by atoms with Gasteiger partial charge in [-0.2, -0.15) is 11.3 Å². The molecule has 0 aliphatic carbocycles. The zero-order chi connectivity index (χ0) is 14.4. The van der Waals surface area contributed by atoms with Crippen LogP contribution in [0.15, 0.2) is 29.0 Å². The number of aryl methyl sites for hydroxylation is 1. The first-order chi connectivity index (χ1) is 9.74. The second-order valence-corrected chi connectivity index (χ2v) is 5.35. The third kappa shape index (κ3) is 3.74. The summed E-state index contributed by atoms with van der Waals surface area (Å²) in [5, 5.41) is 7.84. The molecule has 0 fully saturated rings. The molecule has 0 spiro atoms. The van der Waals surface area contributed by atoms with E-state index in [1.807, 2.05) is 19.1 Å². The van der Waals surface area contributed by atoms with Crippen LogP contribution in [0, 0.1) is 6.92 Å². The SMILES string of the molecule is CCOc1cc(CNCc2cscc2C)ccc1OC. The molecule has 1 aromatic carbocycles. The Kier molecular flexibility index (Phi) is 5.44. The third-order valence-corrected chi connectivity index (χ3v) is 4.04. The van der Waals surface area contributed by atoms with Crippen molar-refractivity contribution in [2.45, 2.75) is 26.9 Å². The Morgan fingerprint density at radius 1 is 1.15 bits per heavy atom. The van der Waals surface area contributed by atoms with Crippen molar-refractivity contribution in [1.29, 1.82) is 0 Å². The van der Waals surface area contributed by atoms with Crippen LogP contribution >= 0.6 is 11.3 Å². The lowest BCUT2D eigenvalue weighted by molar-refractivity contribution is 0.310. The van der Waals surface area contributed by atoms with Crippen LogP contribution in [0.25, 0.3) is 0 Å². The molecule has 1 heterocycles. The fourth-order valence-electron chi connectivity index (χ4n) is 2.01. The standard InChI is InChI=1S/C16H21NO2S/c1-4-19-16-7-13(5-6-15(16)18-3)8-17-9-14-11-20-10-12(14)2/h5-7,10-11,17H,4,8-9H2,1-3H3. The van der Waals surface area contributed by atoms with Crippen LogP contribution in [0.4, 0.5) is 0 Å². The van der Waals surface area contributed by atoms with Gasteiger partial charge in [-0.3, -0.25) is 0 Å². The van der Waals surface area contributed by atoms with Crippen molar-refractivity contribution in [3.8, 4) is 11.5 Å². The molecule has 20 heavy (non-hydrogen) atoms. The number of hydrogen-bond donors (Lipinski definition) is 1. The van der Waals surface area contributed by atoms with Crippen molar-refractivity contribution < 1.29 is 9.47 Å². The number of ether oxygens (including phenoxy) is 2. The van der Waals surface area contributed by atoms with E-state index in [0.717, 1.165) is 24.6 Å². The maximum atomic E-state index is 5.59. The Morgan fingerprint density at radius 3 is 2.65 bits per heavy atom. The van der Waals surface area contributed by atoms with Gasteiger partial charge in [0.2, 0.25) is 0 Å². The number of thiophene rings is 1. The molecule has 0 aliphatic rings. The zero-order valence-electron chi connectivity index (χ0n) is 12.2. The normalized spacial score (nSPS) is 10.6. The van der Waals surface area contributed by atoms with E-state index in [1.54, 1.807) is 18.4 Å². The molecule has 0 amide bonds. The highest BCUT2D eigenvalue weighted by Crippen LogP contribution is 2.28. The van der Waals surface area contributed by atoms with Crippen LogP contribution in [0.5, 0.6) is 11.5 Å². The lowest BCUT2D eigenvalue weighted by Gasteiger charge is -2.11. The van der Waals surface area contributed by atoms with Gasteiger partial charge < -0.3 is 14.8 Å². The van der Waals surface area contributed by atoms with Gasteiger partial charge in [0, 0.05) is 13.1 Å². The Bertz CT molecular complexity index is 551. The van der Waals surface area contributed by atoms with Crippen molar-refractivity contribution in [1.82, 2.24) is 5.32 Å². The van der Waals surface area contributed by atoms with Gasteiger partial charge in [0.25, 0.3) is 0 Å². The van der Waals surface area contributed by atoms with Gasteiger partial charge in [0.1, 0.15) is 0 Å². The molecular formula is C16H21NO2S. The monoisotopic (exact) mass is 291 g/mol. The Labute approximate surface area is 124 Å². The van der Waals surface area contributed by atoms with Gasteiger partial charge in [-0.05, 0) is 53.4 Å². The molecule has 2 aromatic rings. The van der Waals surface area contributed by atoms with Crippen LogP contribution in [0.3, 0.4) is 0 Å². The van der Waals surface area contributed by atoms with E-state index in [9.17, 15) is 0 Å². The summed E-state index contributed by atoms with van der Waals surface area (Å²) < 4.78 is 10.9. The molecule has 2 rings (SSSR count). The van der Waals surface area contributed by atoms with E-state index in [-0.39, 0.29) is 0 Å². The largest absolute Gasteiger partial charge is 0.493 e. The molecule has 0 saturated heterocycles. The average molecular weight is 291 g/mol. The molecule has 0 saturated carbocycles. The maximum absolute atomic E-state index is 5.59. The molecule has 0 radical (unpaired) electrons. The van der Waals surface area contributed by atoms with Gasteiger partial charge in [0.15, 0.2) is 11.5 Å². The minimum Gasteiger partial charge on any atom is -0.493 e. The van der Waals surface area contributed by atoms with Gasteiger partial charge in [-0.15, -0.1) is 0 Å². The predicted molar refractivity (Wildman–Crippen MR) is 83.8 cm³/mol. The fraction of sp³-hybridized carbons (Fsp3) is 0.375. The van der Waals surface area contributed by atoms with Crippen molar-refractivity contribution in [2.24, 2.45) is 0 Å². The summed E-state index contributed by atoms with van der Waals surface area (Å²) in [6.07, 6.45) is 0. The third-order valence-electron chi connectivity index (χ3n) is 3.13. The number of hydrogen-bond acceptors (Lipinski definition) is 4. The number of methoxy groups -OCH3 is 1. The number of rotatable bonds is 7. The van der Waals surface area contributed by atoms with Gasteiger partial charge in [-0.1, -0.05) is 6.07 Å². The molecule has 0 bridgehead atoms. The molecule has 0 unspecified atom stereocenters. The second kappa shape index (κ2) is 7.31. The maximum Gasteiger partial charge on any atom is 0.161 e. The summed E-state index contributed by atoms with van der Waals surface area (Å²) in [5.74, 6) is 1.59. The molecular weight excluding hydrogens is 270 g/mol. The zero-order valence-corrected chi connectivity index (χ0v) is 13.0. The molecule has 1 aromatic heterocycles. The fourth-order valence-corrected chi connectivity index (χ4v) is 2.87. The van der Waals surface area contributed by atoms with Crippen LogP contribution < -0.4 is 14.8 Å². The summed E-state index contributed by atoms with van der Waals surface area (Å²) >= 11 is 1.75. The molecule has 0 aliphatic heterocycles. The van der Waals surface area contributed by atoms with E-state index in [2.05, 4.69) is 29.1 Å². The van der Waals surface area contributed by atoms with Gasteiger partial charge in [-0.25, -0.2) is 0 Å². The number of benzene rings is 1. The Balaban J connectivity index is 1.95. The predicted octanol–water partition coefficient (Wildman–Crippen LogP) is 3.75. The van der Waals surface area contributed by atoms with Crippen molar-refractivity contribution in [2.75, 3.05) is 13.7 Å². The highest BCUT2D eigenvalue weighted by Gasteiger charge is 2.05. The quantitative estimate of drug-likeness (QED) is 0.842.